The molecule has 3 atom stereocenters. The maximum Gasteiger partial charge on any atom is 0.0992 e. The molecule has 0 bridgehead atoms. The van der Waals surface area contributed by atoms with Gasteiger partial charge in [0.1, 0.15) is 0 Å². The number of fused-ring (bicyclic) bond motifs is 1. The van der Waals surface area contributed by atoms with Crippen molar-refractivity contribution < 1.29 is 9.47 Å². The van der Waals surface area contributed by atoms with Gasteiger partial charge in [-0.2, -0.15) is 0 Å². The molecule has 19 heavy (non-hydrogen) atoms. The quantitative estimate of drug-likeness (QED) is 0.847. The molecule has 0 saturated carbocycles. The van der Waals surface area contributed by atoms with Crippen molar-refractivity contribution in [2.24, 2.45) is 0 Å². The van der Waals surface area contributed by atoms with E-state index >= 15 is 0 Å². The molecule has 106 valence electrons. The van der Waals surface area contributed by atoms with Crippen molar-refractivity contribution in [2.45, 2.75) is 51.5 Å². The van der Waals surface area contributed by atoms with Gasteiger partial charge in [-0.3, -0.25) is 4.90 Å². The molecule has 2 saturated heterocycles. The molecule has 2 aliphatic rings. The van der Waals surface area contributed by atoms with Crippen LogP contribution in [0.2, 0.25) is 0 Å². The number of ether oxygens (including phenoxy) is 2. The highest BCUT2D eigenvalue weighted by Gasteiger charge is 2.42. The van der Waals surface area contributed by atoms with Gasteiger partial charge in [0.15, 0.2) is 0 Å². The molecule has 0 aliphatic carbocycles. The molecule has 1 aromatic rings. The van der Waals surface area contributed by atoms with E-state index in [9.17, 15) is 0 Å². The number of thiophene rings is 1. The summed E-state index contributed by atoms with van der Waals surface area (Å²) in [5.41, 5.74) is 0. The number of aryl methyl sites for hydroxylation is 1. The van der Waals surface area contributed by atoms with Crippen LogP contribution in [-0.4, -0.2) is 42.9 Å². The first-order chi connectivity index (χ1) is 9.28. The van der Waals surface area contributed by atoms with Crippen LogP contribution in [-0.2, 0) is 16.0 Å². The molecule has 2 aliphatic heterocycles. The topological polar surface area (TPSA) is 21.7 Å². The van der Waals surface area contributed by atoms with E-state index in [-0.39, 0.29) is 6.10 Å². The Morgan fingerprint density at radius 2 is 2.32 bits per heavy atom. The second kappa shape index (κ2) is 5.92. The van der Waals surface area contributed by atoms with Crippen LogP contribution in [0.3, 0.4) is 0 Å². The molecule has 0 spiro atoms. The van der Waals surface area contributed by atoms with Crippen LogP contribution in [0.1, 0.15) is 29.5 Å². The van der Waals surface area contributed by atoms with Crippen LogP contribution in [0.5, 0.6) is 0 Å². The predicted molar refractivity (Wildman–Crippen MR) is 77.6 cm³/mol. The number of hydrogen-bond donors (Lipinski definition) is 0. The molecule has 2 fully saturated rings. The zero-order chi connectivity index (χ0) is 13.2. The summed E-state index contributed by atoms with van der Waals surface area (Å²) in [5, 5.41) is 0. The molecule has 4 heteroatoms. The minimum Gasteiger partial charge on any atom is -0.376 e. The van der Waals surface area contributed by atoms with Crippen LogP contribution < -0.4 is 0 Å². The van der Waals surface area contributed by atoms with E-state index in [0.29, 0.717) is 12.1 Å². The average molecular weight is 281 g/mol. The highest BCUT2D eigenvalue weighted by atomic mass is 32.1. The Morgan fingerprint density at radius 3 is 3.05 bits per heavy atom. The maximum atomic E-state index is 5.93. The fourth-order valence-electron chi connectivity index (χ4n) is 3.33. The monoisotopic (exact) mass is 281 g/mol. The van der Waals surface area contributed by atoms with Gasteiger partial charge in [0, 0.05) is 42.1 Å². The molecule has 1 aromatic heterocycles. The number of rotatable bonds is 4. The van der Waals surface area contributed by atoms with Gasteiger partial charge in [0.05, 0.1) is 12.2 Å². The Kier molecular flexibility index (Phi) is 4.22. The van der Waals surface area contributed by atoms with Crippen LogP contribution in [0.4, 0.5) is 0 Å². The minimum absolute atomic E-state index is 0.287. The third kappa shape index (κ3) is 2.87. The SMILES string of the molecule is CCO[C@@H]1CCN(Cc2ccc(C)s2)[C@H]2CCO[C@H]12. The van der Waals surface area contributed by atoms with E-state index in [0.717, 1.165) is 39.1 Å². The largest absolute Gasteiger partial charge is 0.376 e. The Hall–Kier alpha value is -0.420. The molecule has 3 rings (SSSR count). The fraction of sp³-hybridized carbons (Fsp3) is 0.733. The summed E-state index contributed by atoms with van der Waals surface area (Å²) in [7, 11) is 0. The predicted octanol–water partition coefficient (Wildman–Crippen LogP) is 2.82. The lowest BCUT2D eigenvalue weighted by molar-refractivity contribution is -0.0966. The van der Waals surface area contributed by atoms with Crippen molar-refractivity contribution in [1.29, 1.82) is 0 Å². The van der Waals surface area contributed by atoms with Crippen molar-refractivity contribution in [3.63, 3.8) is 0 Å². The summed E-state index contributed by atoms with van der Waals surface area (Å²) in [4.78, 5) is 5.47. The lowest BCUT2D eigenvalue weighted by Gasteiger charge is -2.40. The van der Waals surface area contributed by atoms with Gasteiger partial charge in [0.2, 0.25) is 0 Å². The van der Waals surface area contributed by atoms with Gasteiger partial charge in [0.25, 0.3) is 0 Å². The van der Waals surface area contributed by atoms with E-state index in [1.54, 1.807) is 0 Å². The first kappa shape index (κ1) is 13.6. The Morgan fingerprint density at radius 1 is 1.42 bits per heavy atom. The maximum absolute atomic E-state index is 5.93. The van der Waals surface area contributed by atoms with Crippen molar-refractivity contribution in [1.82, 2.24) is 4.90 Å². The summed E-state index contributed by atoms with van der Waals surface area (Å²) >= 11 is 1.91. The van der Waals surface area contributed by atoms with Crippen molar-refractivity contribution in [3.05, 3.63) is 21.9 Å². The number of hydrogen-bond acceptors (Lipinski definition) is 4. The summed E-state index contributed by atoms with van der Waals surface area (Å²) < 4.78 is 11.8. The van der Waals surface area contributed by atoms with E-state index < -0.39 is 0 Å². The van der Waals surface area contributed by atoms with Crippen LogP contribution in [0, 0.1) is 6.92 Å². The lowest BCUT2D eigenvalue weighted by Crippen LogP contribution is -2.52. The van der Waals surface area contributed by atoms with Gasteiger partial charge >= 0.3 is 0 Å². The number of nitrogens with zero attached hydrogens (tertiary/aromatic N) is 1. The summed E-state index contributed by atoms with van der Waals surface area (Å²) in [6.07, 6.45) is 2.84. The van der Waals surface area contributed by atoms with Gasteiger partial charge < -0.3 is 9.47 Å². The Labute approximate surface area is 119 Å². The second-order valence-electron chi connectivity index (χ2n) is 5.46. The van der Waals surface area contributed by atoms with Gasteiger partial charge in [-0.25, -0.2) is 0 Å². The normalized spacial score (nSPS) is 31.6. The van der Waals surface area contributed by atoms with Crippen LogP contribution in [0.15, 0.2) is 12.1 Å². The lowest BCUT2D eigenvalue weighted by atomic mass is 9.95. The van der Waals surface area contributed by atoms with E-state index in [2.05, 4.69) is 30.9 Å². The molecular formula is C15H23NO2S. The molecule has 0 aromatic carbocycles. The molecule has 3 nitrogen and oxygen atoms in total. The zero-order valence-corrected chi connectivity index (χ0v) is 12.6. The Balaban J connectivity index is 1.67. The van der Waals surface area contributed by atoms with Crippen molar-refractivity contribution >= 4 is 11.3 Å². The van der Waals surface area contributed by atoms with E-state index in [1.807, 2.05) is 11.3 Å². The highest BCUT2D eigenvalue weighted by Crippen LogP contribution is 2.32. The van der Waals surface area contributed by atoms with E-state index in [4.69, 9.17) is 9.47 Å². The minimum atomic E-state index is 0.287. The molecular weight excluding hydrogens is 258 g/mol. The highest BCUT2D eigenvalue weighted by molar-refractivity contribution is 7.11. The number of piperidine rings is 1. The molecule has 3 heterocycles. The molecule has 0 radical (unpaired) electrons. The van der Waals surface area contributed by atoms with Gasteiger partial charge in [-0.05, 0) is 38.8 Å². The molecule has 0 unspecified atom stereocenters. The summed E-state index contributed by atoms with van der Waals surface area (Å²) in [6, 6.07) is 5.03. The zero-order valence-electron chi connectivity index (χ0n) is 11.8. The number of likely N-dealkylation sites (tertiary alicyclic amines) is 1. The second-order valence-corrected chi connectivity index (χ2v) is 6.83. The first-order valence-electron chi connectivity index (χ1n) is 7.30. The average Bonchev–Trinajstić information content (AvgIpc) is 3.02. The third-order valence-electron chi connectivity index (χ3n) is 4.18. The van der Waals surface area contributed by atoms with E-state index in [1.165, 1.54) is 9.75 Å². The third-order valence-corrected chi connectivity index (χ3v) is 5.16. The van der Waals surface area contributed by atoms with Gasteiger partial charge in [-0.1, -0.05) is 0 Å². The molecule has 0 amide bonds. The van der Waals surface area contributed by atoms with Crippen LogP contribution >= 0.6 is 11.3 Å². The summed E-state index contributed by atoms with van der Waals surface area (Å²) in [5.74, 6) is 0. The van der Waals surface area contributed by atoms with Crippen molar-refractivity contribution in [3.8, 4) is 0 Å². The molecule has 0 N–H and O–H groups in total. The first-order valence-corrected chi connectivity index (χ1v) is 8.12. The van der Waals surface area contributed by atoms with Crippen molar-refractivity contribution in [2.75, 3.05) is 19.8 Å². The smallest absolute Gasteiger partial charge is 0.0992 e. The standard InChI is InChI=1S/C15H23NO2S/c1-3-17-14-6-8-16(13-7-9-18-15(13)14)10-12-5-4-11(2)19-12/h4-5,13-15H,3,6-10H2,1-2H3/t13-,14+,15-/m0/s1. The van der Waals surface area contributed by atoms with Crippen LogP contribution in [0.25, 0.3) is 0 Å². The summed E-state index contributed by atoms with van der Waals surface area (Å²) in [6.45, 7) is 8.13. The Bertz CT molecular complexity index is 420. The van der Waals surface area contributed by atoms with Gasteiger partial charge in [-0.15, -0.1) is 11.3 Å². The fourth-order valence-corrected chi connectivity index (χ4v) is 4.24.